The van der Waals surface area contributed by atoms with Crippen LogP contribution >= 0.6 is 15.9 Å². The standard InChI is InChI=1S/C18H15BrN2O5/c1-25-16(23)14-15(20)26-12-4-2-3-11(22)13(12)18(14)9-7-8(19)5-6-10(9)21-17(18)24/h5-7,14,20H,2-4H2,1H3,(H,21,24). The third kappa shape index (κ3) is 2.05. The normalized spacial score (nSPS) is 27.0. The molecule has 0 saturated heterocycles. The Morgan fingerprint density at radius 2 is 2.15 bits per heavy atom. The first-order valence-corrected chi connectivity index (χ1v) is 8.93. The topological polar surface area (TPSA) is 106 Å². The maximum Gasteiger partial charge on any atom is 0.319 e. The van der Waals surface area contributed by atoms with Crippen molar-refractivity contribution in [1.82, 2.24) is 0 Å². The molecule has 0 saturated carbocycles. The van der Waals surface area contributed by atoms with E-state index in [1.54, 1.807) is 18.2 Å². The van der Waals surface area contributed by atoms with E-state index < -0.39 is 23.2 Å². The maximum absolute atomic E-state index is 13.2. The highest BCUT2D eigenvalue weighted by molar-refractivity contribution is 9.10. The van der Waals surface area contributed by atoms with E-state index in [4.69, 9.17) is 14.9 Å². The van der Waals surface area contributed by atoms with Gasteiger partial charge in [0, 0.05) is 23.0 Å². The molecule has 2 unspecified atom stereocenters. The third-order valence-electron chi connectivity index (χ3n) is 5.14. The van der Waals surface area contributed by atoms with E-state index in [0.29, 0.717) is 34.3 Å². The number of hydrogen-bond donors (Lipinski definition) is 2. The Morgan fingerprint density at radius 3 is 2.88 bits per heavy atom. The molecule has 3 aliphatic rings. The summed E-state index contributed by atoms with van der Waals surface area (Å²) in [4.78, 5) is 38.7. The van der Waals surface area contributed by atoms with E-state index >= 15 is 0 Å². The van der Waals surface area contributed by atoms with Gasteiger partial charge in [-0.15, -0.1) is 0 Å². The Bertz CT molecular complexity index is 922. The number of rotatable bonds is 1. The minimum absolute atomic E-state index is 0.171. The van der Waals surface area contributed by atoms with E-state index in [2.05, 4.69) is 21.2 Å². The molecule has 1 aromatic carbocycles. The molecule has 1 spiro atoms. The summed E-state index contributed by atoms with van der Waals surface area (Å²) in [6.07, 6.45) is 1.29. The van der Waals surface area contributed by atoms with Crippen molar-refractivity contribution in [1.29, 1.82) is 5.41 Å². The van der Waals surface area contributed by atoms with Gasteiger partial charge < -0.3 is 14.8 Å². The van der Waals surface area contributed by atoms with Gasteiger partial charge in [0.25, 0.3) is 0 Å². The SMILES string of the molecule is COC(=O)C1C(=N)OC2=C(C(=O)CCC2)C12C(=O)Nc1ccc(Br)cc12. The number of ether oxygens (including phenoxy) is 2. The molecule has 26 heavy (non-hydrogen) atoms. The highest BCUT2D eigenvalue weighted by atomic mass is 79.9. The van der Waals surface area contributed by atoms with Crippen molar-refractivity contribution in [3.8, 4) is 0 Å². The Labute approximate surface area is 157 Å². The zero-order valence-electron chi connectivity index (χ0n) is 13.8. The fourth-order valence-electron chi connectivity index (χ4n) is 4.12. The predicted octanol–water partition coefficient (Wildman–Crippen LogP) is 2.44. The number of esters is 1. The molecule has 0 bridgehead atoms. The lowest BCUT2D eigenvalue weighted by Crippen LogP contribution is -2.56. The minimum atomic E-state index is -1.64. The number of amides is 1. The average Bonchev–Trinajstić information content (AvgIpc) is 2.87. The second-order valence-corrected chi connectivity index (χ2v) is 7.37. The monoisotopic (exact) mass is 418 g/mol. The number of methoxy groups -OCH3 is 1. The van der Waals surface area contributed by atoms with Crippen LogP contribution in [-0.2, 0) is 29.3 Å². The Hall–Kier alpha value is -2.48. The van der Waals surface area contributed by atoms with Gasteiger partial charge in [0.1, 0.15) is 11.2 Å². The van der Waals surface area contributed by atoms with E-state index in [9.17, 15) is 14.4 Å². The van der Waals surface area contributed by atoms with Gasteiger partial charge in [-0.2, -0.15) is 0 Å². The number of Topliss-reactive ketones (excluding diaryl/α,β-unsaturated/α-hetero) is 1. The molecular formula is C18H15BrN2O5. The number of carbonyl (C=O) groups is 3. The molecule has 2 atom stereocenters. The highest BCUT2D eigenvalue weighted by Gasteiger charge is 2.65. The summed E-state index contributed by atoms with van der Waals surface area (Å²) < 4.78 is 11.1. The Balaban J connectivity index is 2.10. The molecular weight excluding hydrogens is 404 g/mol. The molecule has 0 aromatic heterocycles. The van der Waals surface area contributed by atoms with Gasteiger partial charge in [0.05, 0.1) is 12.7 Å². The van der Waals surface area contributed by atoms with Crippen LogP contribution in [0.3, 0.4) is 0 Å². The van der Waals surface area contributed by atoms with Crippen LogP contribution in [0.15, 0.2) is 34.0 Å². The van der Waals surface area contributed by atoms with Crippen LogP contribution in [0, 0.1) is 11.3 Å². The predicted molar refractivity (Wildman–Crippen MR) is 94.7 cm³/mol. The third-order valence-corrected chi connectivity index (χ3v) is 5.63. The number of ketones is 1. The zero-order chi connectivity index (χ0) is 18.6. The molecule has 2 aliphatic heterocycles. The summed E-state index contributed by atoms with van der Waals surface area (Å²) >= 11 is 3.39. The second-order valence-electron chi connectivity index (χ2n) is 6.45. The number of hydrogen-bond acceptors (Lipinski definition) is 6. The van der Waals surface area contributed by atoms with Crippen LogP contribution < -0.4 is 5.32 Å². The summed E-state index contributed by atoms with van der Waals surface area (Å²) in [5.41, 5.74) is -0.492. The largest absolute Gasteiger partial charge is 0.468 e. The van der Waals surface area contributed by atoms with Crippen LogP contribution in [0.25, 0.3) is 0 Å². The molecule has 4 rings (SSSR count). The van der Waals surface area contributed by atoms with E-state index in [1.165, 1.54) is 7.11 Å². The van der Waals surface area contributed by atoms with Crippen molar-refractivity contribution in [2.24, 2.45) is 5.92 Å². The molecule has 0 radical (unpaired) electrons. The van der Waals surface area contributed by atoms with E-state index in [0.717, 1.165) is 0 Å². The first-order chi connectivity index (χ1) is 12.4. The quantitative estimate of drug-likeness (QED) is 0.681. The van der Waals surface area contributed by atoms with Crippen LogP contribution in [0.4, 0.5) is 5.69 Å². The van der Waals surface area contributed by atoms with Gasteiger partial charge in [-0.3, -0.25) is 19.8 Å². The van der Waals surface area contributed by atoms with Gasteiger partial charge in [-0.05, 0) is 30.2 Å². The van der Waals surface area contributed by atoms with Gasteiger partial charge in [-0.25, -0.2) is 0 Å². The molecule has 1 amide bonds. The van der Waals surface area contributed by atoms with Gasteiger partial charge >= 0.3 is 5.97 Å². The molecule has 8 heteroatoms. The van der Waals surface area contributed by atoms with E-state index in [1.807, 2.05) is 0 Å². The highest BCUT2D eigenvalue weighted by Crippen LogP contribution is 2.54. The van der Waals surface area contributed by atoms with Crippen LogP contribution in [0.5, 0.6) is 0 Å². The number of allylic oxidation sites excluding steroid dienone is 1. The molecule has 1 aromatic rings. The molecule has 134 valence electrons. The summed E-state index contributed by atoms with van der Waals surface area (Å²) in [7, 11) is 1.19. The summed E-state index contributed by atoms with van der Waals surface area (Å²) in [5.74, 6) is -2.98. The first-order valence-electron chi connectivity index (χ1n) is 8.13. The lowest BCUT2D eigenvalue weighted by molar-refractivity contribution is -0.148. The van der Waals surface area contributed by atoms with Crippen molar-refractivity contribution in [2.75, 3.05) is 12.4 Å². The number of fused-ring (bicyclic) bond motifs is 3. The molecule has 2 heterocycles. The van der Waals surface area contributed by atoms with Gasteiger partial charge in [-0.1, -0.05) is 15.9 Å². The Kier molecular flexibility index (Phi) is 3.76. The molecule has 0 fully saturated rings. The number of nitrogens with one attached hydrogen (secondary N) is 2. The number of anilines is 1. The van der Waals surface area contributed by atoms with Crippen LogP contribution in [0.1, 0.15) is 24.8 Å². The van der Waals surface area contributed by atoms with E-state index in [-0.39, 0.29) is 23.7 Å². The molecule has 2 N–H and O–H groups in total. The van der Waals surface area contributed by atoms with Crippen molar-refractivity contribution in [3.63, 3.8) is 0 Å². The average molecular weight is 419 g/mol. The summed E-state index contributed by atoms with van der Waals surface area (Å²) in [6.45, 7) is 0. The minimum Gasteiger partial charge on any atom is -0.468 e. The van der Waals surface area contributed by atoms with Crippen molar-refractivity contribution < 1.29 is 23.9 Å². The maximum atomic E-state index is 13.2. The van der Waals surface area contributed by atoms with Crippen molar-refractivity contribution >= 4 is 45.2 Å². The van der Waals surface area contributed by atoms with Gasteiger partial charge in [0.2, 0.25) is 11.8 Å². The fraction of sp³-hybridized carbons (Fsp3) is 0.333. The first kappa shape index (κ1) is 17.0. The molecule has 1 aliphatic carbocycles. The van der Waals surface area contributed by atoms with Gasteiger partial charge in [0.15, 0.2) is 11.7 Å². The fourth-order valence-corrected chi connectivity index (χ4v) is 4.48. The zero-order valence-corrected chi connectivity index (χ0v) is 15.4. The number of benzene rings is 1. The lowest BCUT2D eigenvalue weighted by Gasteiger charge is -2.41. The number of carbonyl (C=O) groups excluding carboxylic acids is 3. The number of halogens is 1. The van der Waals surface area contributed by atoms with Crippen LogP contribution in [0.2, 0.25) is 0 Å². The smallest absolute Gasteiger partial charge is 0.319 e. The van der Waals surface area contributed by atoms with Crippen LogP contribution in [-0.4, -0.2) is 30.7 Å². The summed E-state index contributed by atoms with van der Waals surface area (Å²) in [6, 6.07) is 5.16. The van der Waals surface area contributed by atoms with Crippen molar-refractivity contribution in [2.45, 2.75) is 24.7 Å². The Morgan fingerprint density at radius 1 is 1.38 bits per heavy atom. The molecule has 7 nitrogen and oxygen atoms in total. The second kappa shape index (κ2) is 5.77. The van der Waals surface area contributed by atoms with Crippen molar-refractivity contribution in [3.05, 3.63) is 39.6 Å². The summed E-state index contributed by atoms with van der Waals surface area (Å²) in [5, 5.41) is 11.0. The lowest BCUT2D eigenvalue weighted by atomic mass is 9.61.